The zero-order chi connectivity index (χ0) is 29.9. The number of carbonyl (C=O) groups excluding carboxylic acids is 3. The predicted octanol–water partition coefficient (Wildman–Crippen LogP) is 4.32. The summed E-state index contributed by atoms with van der Waals surface area (Å²) >= 11 is 0. The zero-order valence-electron chi connectivity index (χ0n) is 25.9. The van der Waals surface area contributed by atoms with Crippen molar-refractivity contribution in [3.8, 4) is 0 Å². The first-order valence-corrected chi connectivity index (χ1v) is 16.1. The summed E-state index contributed by atoms with van der Waals surface area (Å²) < 4.78 is 7.02. The molecule has 3 amide bonds. The summed E-state index contributed by atoms with van der Waals surface area (Å²) in [5.74, 6) is -1.62. The Hall–Kier alpha value is -2.19. The summed E-state index contributed by atoms with van der Waals surface area (Å²) in [7, 11) is 0. The van der Waals surface area contributed by atoms with Gasteiger partial charge in [-0.2, -0.15) is 0 Å². The fraction of sp³-hybridized carbons (Fsp3) is 0.788. The molecule has 1 aliphatic carbocycles. The van der Waals surface area contributed by atoms with Gasteiger partial charge in [-0.1, -0.05) is 59.1 Å². The van der Waals surface area contributed by atoms with Crippen LogP contribution in [0.2, 0.25) is 0 Å². The number of hydrogen-bond donors (Lipinski definition) is 1. The molecule has 3 aliphatic heterocycles. The number of amides is 3. The Morgan fingerprint density at radius 2 is 1.78 bits per heavy atom. The number of aliphatic hydroxyl groups excluding tert-OH is 1. The van der Waals surface area contributed by atoms with Crippen LogP contribution in [0.15, 0.2) is 25.3 Å². The van der Waals surface area contributed by atoms with Gasteiger partial charge in [-0.15, -0.1) is 13.2 Å². The van der Waals surface area contributed by atoms with E-state index in [9.17, 15) is 19.5 Å². The van der Waals surface area contributed by atoms with E-state index in [-0.39, 0.29) is 36.3 Å². The van der Waals surface area contributed by atoms with Crippen molar-refractivity contribution in [1.82, 2.24) is 14.7 Å². The standard InChI is InChI=1S/C33H53N3O5/c1-7-18-34(19-8-2)29(38)26-27-30(39)36(25(22-37)21-23(5)6)28(33(27)17-16-32(26,10-4)41-33)31(40)35(20-9-3)24-14-12-11-13-15-24/h7,9,23-28,37H,1,3,8,10-22H2,2,4-6H3/t25-,26-,27+,28?,32+,33?/m1/s1. The molecular formula is C33H53N3O5. The number of likely N-dealkylation sites (tertiary alicyclic amines) is 1. The van der Waals surface area contributed by atoms with Crippen LogP contribution in [-0.4, -0.2) is 93.1 Å². The van der Waals surface area contributed by atoms with Gasteiger partial charge < -0.3 is 24.5 Å². The van der Waals surface area contributed by atoms with Crippen molar-refractivity contribution in [2.24, 2.45) is 17.8 Å². The van der Waals surface area contributed by atoms with Gasteiger partial charge in [-0.05, 0) is 50.9 Å². The van der Waals surface area contributed by atoms with E-state index in [2.05, 4.69) is 27.0 Å². The summed E-state index contributed by atoms with van der Waals surface area (Å²) in [6.45, 7) is 17.1. The molecule has 0 aromatic rings. The molecule has 4 rings (SSSR count). The molecule has 4 fully saturated rings. The minimum absolute atomic E-state index is 0.0822. The van der Waals surface area contributed by atoms with Crippen LogP contribution in [0.3, 0.4) is 0 Å². The third kappa shape index (κ3) is 5.39. The second kappa shape index (κ2) is 13.0. The van der Waals surface area contributed by atoms with E-state index in [4.69, 9.17) is 4.74 Å². The van der Waals surface area contributed by atoms with Gasteiger partial charge in [0.25, 0.3) is 0 Å². The van der Waals surface area contributed by atoms with Crippen LogP contribution in [0, 0.1) is 17.8 Å². The lowest BCUT2D eigenvalue weighted by atomic mass is 9.64. The van der Waals surface area contributed by atoms with Gasteiger partial charge in [0.1, 0.15) is 11.6 Å². The first-order chi connectivity index (χ1) is 19.7. The first kappa shape index (κ1) is 31.7. The van der Waals surface area contributed by atoms with Gasteiger partial charge in [0.2, 0.25) is 17.7 Å². The largest absolute Gasteiger partial charge is 0.394 e. The number of carbonyl (C=O) groups is 3. The summed E-state index contributed by atoms with van der Waals surface area (Å²) in [5.41, 5.74) is -1.87. The van der Waals surface area contributed by atoms with Crippen LogP contribution in [0.25, 0.3) is 0 Å². The third-order valence-corrected chi connectivity index (χ3v) is 10.2. The number of ether oxygens (including phenoxy) is 1. The highest BCUT2D eigenvalue weighted by Crippen LogP contribution is 2.65. The van der Waals surface area contributed by atoms with Crippen molar-refractivity contribution in [2.45, 2.75) is 121 Å². The van der Waals surface area contributed by atoms with E-state index < -0.39 is 35.1 Å². The Balaban J connectivity index is 1.84. The topological polar surface area (TPSA) is 90.4 Å². The Kier molecular flexibility index (Phi) is 10.1. The van der Waals surface area contributed by atoms with E-state index >= 15 is 0 Å². The van der Waals surface area contributed by atoms with Gasteiger partial charge in [-0.3, -0.25) is 14.4 Å². The smallest absolute Gasteiger partial charge is 0.248 e. The molecule has 3 saturated heterocycles. The van der Waals surface area contributed by atoms with Gasteiger partial charge in [0.05, 0.1) is 30.1 Å². The highest BCUT2D eigenvalue weighted by atomic mass is 16.5. The molecule has 0 aromatic carbocycles. The fourth-order valence-electron chi connectivity index (χ4n) is 8.55. The van der Waals surface area contributed by atoms with Crippen LogP contribution < -0.4 is 0 Å². The van der Waals surface area contributed by atoms with Gasteiger partial charge in [-0.25, -0.2) is 0 Å². The molecule has 2 bridgehead atoms. The van der Waals surface area contributed by atoms with E-state index in [1.165, 1.54) is 6.42 Å². The Labute approximate surface area is 247 Å². The maximum absolute atomic E-state index is 14.8. The molecule has 3 heterocycles. The lowest BCUT2D eigenvalue weighted by Crippen LogP contribution is -2.60. The molecule has 8 nitrogen and oxygen atoms in total. The van der Waals surface area contributed by atoms with E-state index in [0.29, 0.717) is 45.3 Å². The molecule has 4 aliphatic rings. The lowest BCUT2D eigenvalue weighted by molar-refractivity contribution is -0.159. The quantitative estimate of drug-likeness (QED) is 0.314. The molecule has 8 heteroatoms. The maximum atomic E-state index is 14.8. The molecule has 41 heavy (non-hydrogen) atoms. The van der Waals surface area contributed by atoms with Crippen molar-refractivity contribution in [2.75, 3.05) is 26.2 Å². The van der Waals surface area contributed by atoms with Crippen molar-refractivity contribution in [3.63, 3.8) is 0 Å². The van der Waals surface area contributed by atoms with Gasteiger partial charge in [0.15, 0.2) is 0 Å². The van der Waals surface area contributed by atoms with Crippen LogP contribution in [0.5, 0.6) is 0 Å². The predicted molar refractivity (Wildman–Crippen MR) is 160 cm³/mol. The van der Waals surface area contributed by atoms with Gasteiger partial charge in [0, 0.05) is 25.7 Å². The minimum Gasteiger partial charge on any atom is -0.394 e. The molecule has 1 saturated carbocycles. The van der Waals surface area contributed by atoms with Crippen molar-refractivity contribution >= 4 is 17.7 Å². The highest BCUT2D eigenvalue weighted by molar-refractivity contribution is 5.99. The van der Waals surface area contributed by atoms with Crippen molar-refractivity contribution in [1.29, 1.82) is 0 Å². The third-order valence-electron chi connectivity index (χ3n) is 10.2. The molecule has 230 valence electrons. The Morgan fingerprint density at radius 1 is 1.10 bits per heavy atom. The van der Waals surface area contributed by atoms with Crippen molar-refractivity contribution in [3.05, 3.63) is 25.3 Å². The Bertz CT molecular complexity index is 993. The van der Waals surface area contributed by atoms with E-state index in [0.717, 1.165) is 32.1 Å². The second-order valence-corrected chi connectivity index (χ2v) is 13.2. The number of fused-ring (bicyclic) bond motifs is 1. The average Bonchev–Trinajstić information content (AvgIpc) is 3.57. The first-order valence-electron chi connectivity index (χ1n) is 16.1. The van der Waals surface area contributed by atoms with Crippen molar-refractivity contribution < 1.29 is 24.2 Å². The summed E-state index contributed by atoms with van der Waals surface area (Å²) in [5, 5.41) is 10.6. The highest BCUT2D eigenvalue weighted by Gasteiger charge is 2.79. The van der Waals surface area contributed by atoms with Gasteiger partial charge >= 0.3 is 0 Å². The molecule has 0 aromatic heterocycles. The van der Waals surface area contributed by atoms with Crippen LogP contribution >= 0.6 is 0 Å². The maximum Gasteiger partial charge on any atom is 0.248 e. The molecule has 1 N–H and O–H groups in total. The van der Waals surface area contributed by atoms with E-state index in [1.54, 1.807) is 22.0 Å². The van der Waals surface area contributed by atoms with E-state index in [1.807, 2.05) is 18.7 Å². The number of aliphatic hydroxyl groups is 1. The monoisotopic (exact) mass is 571 g/mol. The fourth-order valence-corrected chi connectivity index (χ4v) is 8.55. The molecule has 2 unspecified atom stereocenters. The normalized spacial score (nSPS) is 31.8. The molecular weight excluding hydrogens is 518 g/mol. The van der Waals surface area contributed by atoms with Crippen LogP contribution in [0.4, 0.5) is 0 Å². The Morgan fingerprint density at radius 3 is 2.34 bits per heavy atom. The number of nitrogens with zero attached hydrogens (tertiary/aromatic N) is 3. The summed E-state index contributed by atoms with van der Waals surface area (Å²) in [6.07, 6.45) is 11.8. The molecule has 0 radical (unpaired) electrons. The average molecular weight is 572 g/mol. The number of rotatable bonds is 14. The lowest BCUT2D eigenvalue weighted by Gasteiger charge is -2.42. The molecule has 6 atom stereocenters. The minimum atomic E-state index is -1.09. The summed E-state index contributed by atoms with van der Waals surface area (Å²) in [6, 6.07) is -1.31. The second-order valence-electron chi connectivity index (χ2n) is 13.2. The SMILES string of the molecule is C=CCN(CCC)C(=O)[C@H]1[C@H]2C(=O)N([C@@H](CO)CC(C)C)C(C(=O)N(CC=C)C3CCCCC3)C23CC[C@]1(CC)O3. The summed E-state index contributed by atoms with van der Waals surface area (Å²) in [4.78, 5) is 49.2. The van der Waals surface area contributed by atoms with Crippen LogP contribution in [0.1, 0.15) is 91.9 Å². The number of hydrogen-bond acceptors (Lipinski definition) is 5. The molecule has 1 spiro atoms. The van der Waals surface area contributed by atoms with Crippen LogP contribution in [-0.2, 0) is 19.1 Å². The zero-order valence-corrected chi connectivity index (χ0v) is 25.9.